The van der Waals surface area contributed by atoms with Crippen LogP contribution in [-0.4, -0.2) is 22.0 Å². The number of hydrogen-bond donors (Lipinski definition) is 0. The zero-order valence-electron chi connectivity index (χ0n) is 10.1. The van der Waals surface area contributed by atoms with Gasteiger partial charge in [-0.15, -0.1) is 11.3 Å². The van der Waals surface area contributed by atoms with E-state index < -0.39 is 0 Å². The highest BCUT2D eigenvalue weighted by molar-refractivity contribution is 7.09. The number of nitrogens with zero attached hydrogens (tertiary/aromatic N) is 2. The number of carbonyl (C=O) groups excluding carboxylic acids is 1. The number of aryl methyl sites for hydroxylation is 1. The van der Waals surface area contributed by atoms with Crippen LogP contribution in [0.25, 0.3) is 0 Å². The first-order chi connectivity index (χ1) is 8.74. The molecule has 0 aromatic carbocycles. The average Bonchev–Trinajstić information content (AvgIpc) is 2.88. The number of rotatable bonds is 4. The SMILES string of the molecule is Cc1cc(C(=O)N(Cc2cccs2)C2CC2)no1. The van der Waals surface area contributed by atoms with Gasteiger partial charge in [-0.05, 0) is 31.2 Å². The van der Waals surface area contributed by atoms with Crippen LogP contribution >= 0.6 is 11.3 Å². The lowest BCUT2D eigenvalue weighted by molar-refractivity contribution is 0.0721. The van der Waals surface area contributed by atoms with Gasteiger partial charge in [-0.3, -0.25) is 4.79 Å². The molecule has 94 valence electrons. The van der Waals surface area contributed by atoms with Gasteiger partial charge in [0.1, 0.15) is 5.76 Å². The highest BCUT2D eigenvalue weighted by Crippen LogP contribution is 2.30. The molecule has 2 heterocycles. The summed E-state index contributed by atoms with van der Waals surface area (Å²) in [5.74, 6) is 0.646. The largest absolute Gasteiger partial charge is 0.361 e. The van der Waals surface area contributed by atoms with Crippen molar-refractivity contribution < 1.29 is 9.32 Å². The summed E-state index contributed by atoms with van der Waals surface area (Å²) in [5.41, 5.74) is 0.413. The highest BCUT2D eigenvalue weighted by Gasteiger charge is 2.34. The van der Waals surface area contributed by atoms with E-state index in [2.05, 4.69) is 11.2 Å². The summed E-state index contributed by atoms with van der Waals surface area (Å²) in [7, 11) is 0. The lowest BCUT2D eigenvalue weighted by atomic mass is 10.3. The molecule has 4 nitrogen and oxygen atoms in total. The van der Waals surface area contributed by atoms with Crippen molar-refractivity contribution in [1.29, 1.82) is 0 Å². The predicted octanol–water partition coefficient (Wildman–Crippen LogP) is 2.85. The molecule has 1 aliphatic rings. The summed E-state index contributed by atoms with van der Waals surface area (Å²) in [6, 6.07) is 6.14. The van der Waals surface area contributed by atoms with Gasteiger partial charge in [-0.25, -0.2) is 0 Å². The molecular formula is C13H14N2O2S. The maximum Gasteiger partial charge on any atom is 0.276 e. The van der Waals surface area contributed by atoms with E-state index in [-0.39, 0.29) is 5.91 Å². The van der Waals surface area contributed by atoms with E-state index in [1.807, 2.05) is 16.3 Å². The zero-order chi connectivity index (χ0) is 12.5. The van der Waals surface area contributed by atoms with Crippen LogP contribution in [0.1, 0.15) is 34.0 Å². The normalized spacial score (nSPS) is 14.7. The number of carbonyl (C=O) groups is 1. The Balaban J connectivity index is 1.79. The van der Waals surface area contributed by atoms with Gasteiger partial charge >= 0.3 is 0 Å². The molecule has 2 aromatic rings. The Morgan fingerprint density at radius 1 is 1.61 bits per heavy atom. The van der Waals surface area contributed by atoms with E-state index in [0.29, 0.717) is 24.0 Å². The molecule has 0 aliphatic heterocycles. The van der Waals surface area contributed by atoms with Gasteiger partial charge in [0, 0.05) is 17.0 Å². The number of hydrogen-bond acceptors (Lipinski definition) is 4. The van der Waals surface area contributed by atoms with Crippen LogP contribution < -0.4 is 0 Å². The highest BCUT2D eigenvalue weighted by atomic mass is 32.1. The van der Waals surface area contributed by atoms with E-state index >= 15 is 0 Å². The molecule has 0 saturated heterocycles. The Bertz CT molecular complexity index is 543. The van der Waals surface area contributed by atoms with Gasteiger partial charge < -0.3 is 9.42 Å². The van der Waals surface area contributed by atoms with Crippen LogP contribution in [0.3, 0.4) is 0 Å². The summed E-state index contributed by atoms with van der Waals surface area (Å²) >= 11 is 1.68. The van der Waals surface area contributed by atoms with Crippen LogP contribution in [0.4, 0.5) is 0 Å². The maximum absolute atomic E-state index is 12.4. The lowest BCUT2D eigenvalue weighted by Crippen LogP contribution is -2.32. The fourth-order valence-corrected chi connectivity index (χ4v) is 2.64. The maximum atomic E-state index is 12.4. The first-order valence-corrected chi connectivity index (χ1v) is 6.88. The molecule has 18 heavy (non-hydrogen) atoms. The molecule has 0 spiro atoms. The third kappa shape index (κ3) is 2.31. The van der Waals surface area contributed by atoms with Gasteiger partial charge in [0.2, 0.25) is 0 Å². The van der Waals surface area contributed by atoms with E-state index in [1.165, 1.54) is 4.88 Å². The quantitative estimate of drug-likeness (QED) is 0.851. The van der Waals surface area contributed by atoms with Gasteiger partial charge in [0.25, 0.3) is 5.91 Å². The predicted molar refractivity (Wildman–Crippen MR) is 68.5 cm³/mol. The summed E-state index contributed by atoms with van der Waals surface area (Å²) < 4.78 is 4.98. The molecule has 1 saturated carbocycles. The van der Waals surface area contributed by atoms with E-state index in [1.54, 1.807) is 24.3 Å². The average molecular weight is 262 g/mol. The monoisotopic (exact) mass is 262 g/mol. The molecule has 1 amide bonds. The van der Waals surface area contributed by atoms with E-state index in [9.17, 15) is 4.79 Å². The number of thiophene rings is 1. The number of aromatic nitrogens is 1. The van der Waals surface area contributed by atoms with Crippen LogP contribution in [-0.2, 0) is 6.54 Å². The molecule has 0 unspecified atom stereocenters. The summed E-state index contributed by atoms with van der Waals surface area (Å²) in [6.45, 7) is 2.47. The van der Waals surface area contributed by atoms with Crippen molar-refractivity contribution in [2.24, 2.45) is 0 Å². The van der Waals surface area contributed by atoms with Gasteiger partial charge in [-0.2, -0.15) is 0 Å². The molecular weight excluding hydrogens is 248 g/mol. The fourth-order valence-electron chi connectivity index (χ4n) is 1.94. The molecule has 3 rings (SSSR count). The standard InChI is InChI=1S/C13H14N2O2S/c1-9-7-12(14-17-9)13(16)15(10-4-5-10)8-11-3-2-6-18-11/h2-3,6-7,10H,4-5,8H2,1H3. The number of amides is 1. The lowest BCUT2D eigenvalue weighted by Gasteiger charge is -2.20. The first kappa shape index (κ1) is 11.5. The molecule has 0 bridgehead atoms. The summed E-state index contributed by atoms with van der Waals surface area (Å²) in [6.07, 6.45) is 2.18. The minimum absolute atomic E-state index is 0.0252. The van der Waals surface area contributed by atoms with Gasteiger partial charge in [0.05, 0.1) is 6.54 Å². The van der Waals surface area contributed by atoms with Gasteiger partial charge in [0.15, 0.2) is 5.69 Å². The fraction of sp³-hybridized carbons (Fsp3) is 0.385. The smallest absolute Gasteiger partial charge is 0.276 e. The van der Waals surface area contributed by atoms with Crippen LogP contribution in [0.5, 0.6) is 0 Å². The zero-order valence-corrected chi connectivity index (χ0v) is 10.9. The Kier molecular flexibility index (Phi) is 2.91. The Morgan fingerprint density at radius 3 is 3.00 bits per heavy atom. The van der Waals surface area contributed by atoms with Crippen molar-refractivity contribution in [3.63, 3.8) is 0 Å². The van der Waals surface area contributed by atoms with Crippen molar-refractivity contribution in [3.05, 3.63) is 39.9 Å². The molecule has 0 radical (unpaired) electrons. The molecule has 2 aromatic heterocycles. The second-order valence-electron chi connectivity index (χ2n) is 4.57. The second-order valence-corrected chi connectivity index (χ2v) is 5.60. The summed E-state index contributed by atoms with van der Waals surface area (Å²) in [5, 5.41) is 5.85. The Morgan fingerprint density at radius 2 is 2.44 bits per heavy atom. The third-order valence-corrected chi connectivity index (χ3v) is 3.86. The van der Waals surface area contributed by atoms with Crippen LogP contribution in [0.2, 0.25) is 0 Å². The van der Waals surface area contributed by atoms with Crippen molar-refractivity contribution in [1.82, 2.24) is 10.1 Å². The van der Waals surface area contributed by atoms with E-state index in [0.717, 1.165) is 12.8 Å². The molecule has 0 N–H and O–H groups in total. The Labute approximate surface area is 109 Å². The topological polar surface area (TPSA) is 46.3 Å². The molecule has 5 heteroatoms. The minimum Gasteiger partial charge on any atom is -0.361 e. The van der Waals surface area contributed by atoms with Crippen molar-refractivity contribution in [3.8, 4) is 0 Å². The molecule has 0 atom stereocenters. The second kappa shape index (κ2) is 4.57. The Hall–Kier alpha value is -1.62. The minimum atomic E-state index is -0.0252. The first-order valence-electron chi connectivity index (χ1n) is 6.01. The van der Waals surface area contributed by atoms with Gasteiger partial charge in [-0.1, -0.05) is 11.2 Å². The molecule has 1 aliphatic carbocycles. The van der Waals surface area contributed by atoms with Crippen molar-refractivity contribution in [2.75, 3.05) is 0 Å². The summed E-state index contributed by atoms with van der Waals surface area (Å²) in [4.78, 5) is 15.5. The van der Waals surface area contributed by atoms with Crippen molar-refractivity contribution in [2.45, 2.75) is 32.4 Å². The third-order valence-electron chi connectivity index (χ3n) is 3.00. The van der Waals surface area contributed by atoms with Crippen molar-refractivity contribution >= 4 is 17.2 Å². The van der Waals surface area contributed by atoms with Crippen LogP contribution in [0.15, 0.2) is 28.1 Å². The van der Waals surface area contributed by atoms with E-state index in [4.69, 9.17) is 4.52 Å². The molecule has 1 fully saturated rings. The van der Waals surface area contributed by atoms with Crippen LogP contribution in [0, 0.1) is 6.92 Å².